The summed E-state index contributed by atoms with van der Waals surface area (Å²) >= 11 is 1.63. The van der Waals surface area contributed by atoms with Gasteiger partial charge < -0.3 is 5.11 Å². The molecule has 0 unspecified atom stereocenters. The summed E-state index contributed by atoms with van der Waals surface area (Å²) in [5, 5.41) is 10.3. The van der Waals surface area contributed by atoms with Gasteiger partial charge in [0.15, 0.2) is 0 Å². The molecule has 0 spiro atoms. The summed E-state index contributed by atoms with van der Waals surface area (Å²) in [6.07, 6.45) is 0.952. The zero-order chi connectivity index (χ0) is 10.1. The van der Waals surface area contributed by atoms with Crippen LogP contribution in [0.1, 0.15) is 43.3 Å². The molecule has 1 heterocycles. The van der Waals surface area contributed by atoms with Crippen LogP contribution in [0.15, 0.2) is 0 Å². The predicted octanol–water partition coefficient (Wildman–Crippen LogP) is 2.50. The summed E-state index contributed by atoms with van der Waals surface area (Å²) in [5.74, 6) is 0. The van der Waals surface area contributed by atoms with Crippen LogP contribution < -0.4 is 0 Å². The van der Waals surface area contributed by atoms with Crippen molar-refractivity contribution in [1.29, 1.82) is 0 Å². The highest BCUT2D eigenvalue weighted by Gasteiger charge is 2.22. The lowest BCUT2D eigenvalue weighted by Gasteiger charge is -2.16. The van der Waals surface area contributed by atoms with Crippen molar-refractivity contribution in [3.8, 4) is 0 Å². The number of thiazole rings is 1. The fourth-order valence-corrected chi connectivity index (χ4v) is 2.32. The molecule has 0 aliphatic rings. The van der Waals surface area contributed by atoms with Gasteiger partial charge in [-0.05, 0) is 6.42 Å². The van der Waals surface area contributed by atoms with Crippen LogP contribution in [0, 0.1) is 0 Å². The zero-order valence-corrected chi connectivity index (χ0v) is 9.53. The first-order valence-electron chi connectivity index (χ1n) is 4.59. The molecule has 0 radical (unpaired) electrons. The molecule has 0 aliphatic heterocycles. The van der Waals surface area contributed by atoms with E-state index in [0.717, 1.165) is 22.0 Å². The molecule has 1 N–H and O–H groups in total. The minimum absolute atomic E-state index is 0.0436. The number of rotatable bonds is 2. The first-order chi connectivity index (χ1) is 5.99. The van der Waals surface area contributed by atoms with E-state index < -0.39 is 0 Å². The number of nitrogens with zero attached hydrogens (tertiary/aromatic N) is 1. The lowest BCUT2D eigenvalue weighted by Crippen LogP contribution is -2.14. The van der Waals surface area contributed by atoms with E-state index in [1.165, 1.54) is 0 Å². The number of hydrogen-bond donors (Lipinski definition) is 1. The lowest BCUT2D eigenvalue weighted by atomic mass is 9.91. The number of aliphatic hydroxyl groups is 1. The molecular formula is C10H17NOS. The van der Waals surface area contributed by atoms with Crippen LogP contribution in [0.25, 0.3) is 0 Å². The molecule has 0 bridgehead atoms. The molecule has 0 saturated carbocycles. The number of aryl methyl sites for hydroxylation is 1. The van der Waals surface area contributed by atoms with Gasteiger partial charge in [-0.3, -0.25) is 0 Å². The highest BCUT2D eigenvalue weighted by molar-refractivity contribution is 7.11. The van der Waals surface area contributed by atoms with Gasteiger partial charge in [0.25, 0.3) is 0 Å². The molecule has 0 aliphatic carbocycles. The number of hydrogen-bond acceptors (Lipinski definition) is 3. The lowest BCUT2D eigenvalue weighted by molar-refractivity contribution is 0.282. The standard InChI is InChI=1S/C10H17NOS/c1-5-8-11-9(10(2,3)4)7(6-12)13-8/h12H,5-6H2,1-4H3. The van der Waals surface area contributed by atoms with Crippen molar-refractivity contribution >= 4 is 11.3 Å². The summed E-state index contributed by atoms with van der Waals surface area (Å²) in [4.78, 5) is 5.55. The third-order valence-corrected chi connectivity index (χ3v) is 3.08. The van der Waals surface area contributed by atoms with Gasteiger partial charge in [-0.2, -0.15) is 0 Å². The molecule has 0 amide bonds. The van der Waals surface area contributed by atoms with Crippen LogP contribution in [0.3, 0.4) is 0 Å². The predicted molar refractivity (Wildman–Crippen MR) is 56.1 cm³/mol. The Kier molecular flexibility index (Phi) is 3.09. The molecule has 0 atom stereocenters. The van der Waals surface area contributed by atoms with Crippen LogP contribution in [0.5, 0.6) is 0 Å². The molecule has 74 valence electrons. The molecule has 1 rings (SSSR count). The van der Waals surface area contributed by atoms with Crippen LogP contribution >= 0.6 is 11.3 Å². The molecule has 0 aromatic carbocycles. The fraction of sp³-hybridized carbons (Fsp3) is 0.700. The second-order valence-corrected chi connectivity index (χ2v) is 5.31. The Bertz CT molecular complexity index is 286. The van der Waals surface area contributed by atoms with E-state index in [1.54, 1.807) is 11.3 Å². The van der Waals surface area contributed by atoms with Gasteiger partial charge in [-0.15, -0.1) is 11.3 Å². The average molecular weight is 199 g/mol. The third-order valence-electron chi connectivity index (χ3n) is 1.90. The maximum atomic E-state index is 9.16. The van der Waals surface area contributed by atoms with Gasteiger partial charge in [0.1, 0.15) is 0 Å². The quantitative estimate of drug-likeness (QED) is 0.794. The van der Waals surface area contributed by atoms with E-state index in [9.17, 15) is 0 Å². The van der Waals surface area contributed by atoms with E-state index in [4.69, 9.17) is 5.11 Å². The fourth-order valence-electron chi connectivity index (χ4n) is 1.24. The van der Waals surface area contributed by atoms with Crippen molar-refractivity contribution in [2.45, 2.75) is 46.1 Å². The van der Waals surface area contributed by atoms with Gasteiger partial charge in [0, 0.05) is 5.41 Å². The monoisotopic (exact) mass is 199 g/mol. The second kappa shape index (κ2) is 3.76. The third kappa shape index (κ3) is 2.29. The summed E-state index contributed by atoms with van der Waals surface area (Å²) in [6, 6.07) is 0. The Morgan fingerprint density at radius 1 is 1.38 bits per heavy atom. The maximum Gasteiger partial charge on any atom is 0.0929 e. The van der Waals surface area contributed by atoms with E-state index in [0.29, 0.717) is 0 Å². The summed E-state index contributed by atoms with van der Waals surface area (Å²) < 4.78 is 0. The Balaban J connectivity index is 3.11. The van der Waals surface area contributed by atoms with Crippen LogP contribution in [-0.2, 0) is 18.4 Å². The molecule has 0 fully saturated rings. The normalized spacial score (nSPS) is 12.1. The average Bonchev–Trinajstić information content (AvgIpc) is 2.46. The zero-order valence-electron chi connectivity index (χ0n) is 8.72. The van der Waals surface area contributed by atoms with Crippen molar-refractivity contribution in [3.63, 3.8) is 0 Å². The maximum absolute atomic E-state index is 9.16. The van der Waals surface area contributed by atoms with Gasteiger partial charge in [0.05, 0.1) is 22.2 Å². The molecule has 2 nitrogen and oxygen atoms in total. The summed E-state index contributed by atoms with van der Waals surface area (Å²) in [7, 11) is 0. The van der Waals surface area contributed by atoms with Gasteiger partial charge in [-0.25, -0.2) is 4.98 Å². The Labute approximate surface area is 83.6 Å². The van der Waals surface area contributed by atoms with Crippen molar-refractivity contribution in [2.75, 3.05) is 0 Å². The first-order valence-corrected chi connectivity index (χ1v) is 5.40. The molecule has 13 heavy (non-hydrogen) atoms. The van der Waals surface area contributed by atoms with Crippen LogP contribution in [0.4, 0.5) is 0 Å². The van der Waals surface area contributed by atoms with Crippen LogP contribution in [0.2, 0.25) is 0 Å². The Morgan fingerprint density at radius 3 is 2.31 bits per heavy atom. The number of aliphatic hydroxyl groups excluding tert-OH is 1. The topological polar surface area (TPSA) is 33.1 Å². The Morgan fingerprint density at radius 2 is 2.00 bits per heavy atom. The highest BCUT2D eigenvalue weighted by Crippen LogP contribution is 2.29. The van der Waals surface area contributed by atoms with Gasteiger partial charge >= 0.3 is 0 Å². The number of aromatic nitrogens is 1. The first kappa shape index (κ1) is 10.7. The van der Waals surface area contributed by atoms with E-state index >= 15 is 0 Å². The van der Waals surface area contributed by atoms with Crippen molar-refractivity contribution in [2.24, 2.45) is 0 Å². The van der Waals surface area contributed by atoms with Gasteiger partial charge in [-0.1, -0.05) is 27.7 Å². The molecular weight excluding hydrogens is 182 g/mol. The second-order valence-electron chi connectivity index (χ2n) is 4.14. The van der Waals surface area contributed by atoms with E-state index in [-0.39, 0.29) is 12.0 Å². The van der Waals surface area contributed by atoms with E-state index in [1.807, 2.05) is 0 Å². The van der Waals surface area contributed by atoms with Crippen LogP contribution in [-0.4, -0.2) is 10.1 Å². The molecule has 0 saturated heterocycles. The molecule has 3 heteroatoms. The van der Waals surface area contributed by atoms with Gasteiger partial charge in [0.2, 0.25) is 0 Å². The molecule has 1 aromatic heterocycles. The smallest absolute Gasteiger partial charge is 0.0929 e. The van der Waals surface area contributed by atoms with Crippen molar-refractivity contribution < 1.29 is 5.11 Å². The summed E-state index contributed by atoms with van der Waals surface area (Å²) in [6.45, 7) is 8.58. The van der Waals surface area contributed by atoms with E-state index in [2.05, 4.69) is 32.7 Å². The SMILES string of the molecule is CCc1nc(C(C)(C)C)c(CO)s1. The highest BCUT2D eigenvalue weighted by atomic mass is 32.1. The minimum atomic E-state index is 0.0436. The molecule has 1 aromatic rings. The largest absolute Gasteiger partial charge is 0.391 e. The summed E-state index contributed by atoms with van der Waals surface area (Å²) in [5.41, 5.74) is 1.10. The van der Waals surface area contributed by atoms with Crippen molar-refractivity contribution in [1.82, 2.24) is 4.98 Å². The Hall–Kier alpha value is -0.410. The van der Waals surface area contributed by atoms with Crippen molar-refractivity contribution in [3.05, 3.63) is 15.6 Å². The minimum Gasteiger partial charge on any atom is -0.391 e.